The minimum absolute atomic E-state index is 0.0588. The van der Waals surface area contributed by atoms with Gasteiger partial charge in [0.15, 0.2) is 0 Å². The molecule has 3 N–H and O–H groups in total. The number of aliphatic hydroxyl groups excluding tert-OH is 2. The molecule has 0 aromatic rings. The van der Waals surface area contributed by atoms with Crippen molar-refractivity contribution >= 4 is 11.9 Å². The number of nitrogens with one attached hydrogen (secondary N) is 1. The van der Waals surface area contributed by atoms with Crippen LogP contribution in [0.3, 0.4) is 0 Å². The SMILES string of the molecule is CC/C=C/C=C/C=C/CCCCCCCC(CC(=O)NC(CO)C(O)CCCCCCCCCCCCCCCCCC)OC(=O)CCCCC/C=C\CCCCCCCCC. The van der Waals surface area contributed by atoms with Gasteiger partial charge in [-0.15, -0.1) is 0 Å². The Morgan fingerprint density at radius 3 is 1.35 bits per heavy atom. The molecule has 3 unspecified atom stereocenters. The molecule has 0 heterocycles. The van der Waals surface area contributed by atoms with Crippen molar-refractivity contribution < 1.29 is 24.5 Å². The lowest BCUT2D eigenvalue weighted by molar-refractivity contribution is -0.151. The molecular formula is C56H103NO5. The van der Waals surface area contributed by atoms with Crippen LogP contribution >= 0.6 is 0 Å². The van der Waals surface area contributed by atoms with Crippen LogP contribution < -0.4 is 5.32 Å². The van der Waals surface area contributed by atoms with E-state index in [1.54, 1.807) is 0 Å². The molecular weight excluding hydrogens is 767 g/mol. The van der Waals surface area contributed by atoms with Crippen molar-refractivity contribution in [2.75, 3.05) is 6.61 Å². The number of hydrogen-bond acceptors (Lipinski definition) is 5. The monoisotopic (exact) mass is 870 g/mol. The molecule has 0 aromatic carbocycles. The Morgan fingerprint density at radius 1 is 0.484 bits per heavy atom. The maximum Gasteiger partial charge on any atom is 0.306 e. The molecule has 0 fully saturated rings. The Morgan fingerprint density at radius 2 is 0.887 bits per heavy atom. The minimum Gasteiger partial charge on any atom is -0.462 e. The van der Waals surface area contributed by atoms with Crippen LogP contribution in [0.4, 0.5) is 0 Å². The fraction of sp³-hybridized carbons (Fsp3) is 0.821. The quantitative estimate of drug-likeness (QED) is 0.0245. The van der Waals surface area contributed by atoms with Crippen LogP contribution in [-0.4, -0.2) is 46.9 Å². The van der Waals surface area contributed by atoms with Gasteiger partial charge in [-0.1, -0.05) is 236 Å². The summed E-state index contributed by atoms with van der Waals surface area (Å²) in [6, 6.07) is -0.711. The third kappa shape index (κ3) is 44.4. The second kappa shape index (κ2) is 49.8. The van der Waals surface area contributed by atoms with Crippen molar-refractivity contribution in [2.45, 2.75) is 289 Å². The van der Waals surface area contributed by atoms with Crippen LogP contribution in [-0.2, 0) is 14.3 Å². The molecule has 0 aliphatic heterocycles. The lowest BCUT2D eigenvalue weighted by Gasteiger charge is -2.24. The van der Waals surface area contributed by atoms with E-state index in [0.717, 1.165) is 89.9 Å². The largest absolute Gasteiger partial charge is 0.462 e. The van der Waals surface area contributed by atoms with Gasteiger partial charge >= 0.3 is 5.97 Å². The summed E-state index contributed by atoms with van der Waals surface area (Å²) < 4.78 is 5.92. The summed E-state index contributed by atoms with van der Waals surface area (Å²) in [5, 5.41) is 23.8. The number of hydrogen-bond donors (Lipinski definition) is 3. The fourth-order valence-electron chi connectivity index (χ4n) is 8.13. The Hall–Kier alpha value is -2.18. The van der Waals surface area contributed by atoms with Gasteiger partial charge < -0.3 is 20.3 Å². The smallest absolute Gasteiger partial charge is 0.306 e. The first-order valence-electron chi connectivity index (χ1n) is 26.9. The second-order valence-electron chi connectivity index (χ2n) is 18.3. The number of aliphatic hydroxyl groups is 2. The lowest BCUT2D eigenvalue weighted by Crippen LogP contribution is -2.46. The van der Waals surface area contributed by atoms with E-state index in [2.05, 4.69) is 74.7 Å². The molecule has 6 heteroatoms. The Balaban J connectivity index is 4.56. The molecule has 0 aliphatic rings. The molecule has 0 radical (unpaired) electrons. The van der Waals surface area contributed by atoms with E-state index < -0.39 is 18.2 Å². The van der Waals surface area contributed by atoms with E-state index >= 15 is 0 Å². The predicted octanol–water partition coefficient (Wildman–Crippen LogP) is 16.2. The maximum atomic E-state index is 13.2. The Kier molecular flexibility index (Phi) is 48.1. The van der Waals surface area contributed by atoms with E-state index in [4.69, 9.17) is 4.74 Å². The third-order valence-electron chi connectivity index (χ3n) is 12.2. The molecule has 1 amide bonds. The fourth-order valence-corrected chi connectivity index (χ4v) is 8.13. The van der Waals surface area contributed by atoms with Crippen molar-refractivity contribution in [1.29, 1.82) is 0 Å². The summed E-state index contributed by atoms with van der Waals surface area (Å²) in [5.41, 5.74) is 0. The molecule has 0 spiro atoms. The van der Waals surface area contributed by atoms with E-state index in [1.807, 2.05) is 0 Å². The molecule has 0 aromatic heterocycles. The van der Waals surface area contributed by atoms with E-state index in [1.165, 1.54) is 135 Å². The zero-order chi connectivity index (χ0) is 45.2. The van der Waals surface area contributed by atoms with Crippen molar-refractivity contribution in [2.24, 2.45) is 0 Å². The van der Waals surface area contributed by atoms with Gasteiger partial charge in [-0.25, -0.2) is 0 Å². The van der Waals surface area contributed by atoms with Gasteiger partial charge in [0.2, 0.25) is 5.91 Å². The van der Waals surface area contributed by atoms with E-state index in [0.29, 0.717) is 19.3 Å². The maximum absolute atomic E-state index is 13.2. The number of carbonyl (C=O) groups excluding carboxylic acids is 2. The predicted molar refractivity (Wildman–Crippen MR) is 269 cm³/mol. The van der Waals surface area contributed by atoms with Gasteiger partial charge in [-0.2, -0.15) is 0 Å². The normalized spacial score (nSPS) is 13.6. The summed E-state index contributed by atoms with van der Waals surface area (Å²) in [5.74, 6) is -0.507. The van der Waals surface area contributed by atoms with Gasteiger partial charge in [0.05, 0.1) is 25.2 Å². The van der Waals surface area contributed by atoms with Gasteiger partial charge in [0.25, 0.3) is 0 Å². The Bertz CT molecular complexity index is 1070. The molecule has 362 valence electrons. The highest BCUT2D eigenvalue weighted by Gasteiger charge is 2.24. The van der Waals surface area contributed by atoms with Crippen molar-refractivity contribution in [3.05, 3.63) is 48.6 Å². The number of unbranched alkanes of at least 4 members (excludes halogenated alkanes) is 30. The minimum atomic E-state index is -0.796. The molecule has 0 aliphatic carbocycles. The summed E-state index contributed by atoms with van der Waals surface area (Å²) in [7, 11) is 0. The van der Waals surface area contributed by atoms with Crippen molar-refractivity contribution in [1.82, 2.24) is 5.32 Å². The number of rotatable bonds is 48. The first-order valence-corrected chi connectivity index (χ1v) is 26.9. The number of allylic oxidation sites excluding steroid dienone is 8. The van der Waals surface area contributed by atoms with E-state index in [-0.39, 0.29) is 24.9 Å². The molecule has 62 heavy (non-hydrogen) atoms. The summed E-state index contributed by atoms with van der Waals surface area (Å²) in [6.45, 7) is 6.36. The van der Waals surface area contributed by atoms with Crippen LogP contribution in [0.15, 0.2) is 48.6 Å². The number of amides is 1. The van der Waals surface area contributed by atoms with Crippen LogP contribution in [0.5, 0.6) is 0 Å². The number of ether oxygens (including phenoxy) is 1. The van der Waals surface area contributed by atoms with Crippen molar-refractivity contribution in [3.63, 3.8) is 0 Å². The van der Waals surface area contributed by atoms with Crippen LogP contribution in [0, 0.1) is 0 Å². The van der Waals surface area contributed by atoms with Gasteiger partial charge in [-0.3, -0.25) is 9.59 Å². The number of esters is 1. The zero-order valence-corrected chi connectivity index (χ0v) is 41.3. The molecule has 0 saturated heterocycles. The van der Waals surface area contributed by atoms with E-state index in [9.17, 15) is 19.8 Å². The standard InChI is InChI=1S/C56H103NO5/c1-4-7-10-13-16-19-22-25-27-28-30-33-36-39-42-45-48-54(59)53(51-58)57-55(60)50-52(47-44-41-38-35-32-29-24-21-18-15-12-9-6-3)62-56(61)49-46-43-40-37-34-31-26-23-20-17-14-11-8-5-2/h9,12,15,18,21,24,31,34,52-54,58-59H,4-8,10-11,13-14,16-17,19-20,22-23,25-30,32-33,35-51H2,1-3H3,(H,57,60)/b12-9+,18-15+,24-21+,34-31-. The molecule has 0 saturated carbocycles. The first kappa shape index (κ1) is 59.8. The van der Waals surface area contributed by atoms with Crippen LogP contribution in [0.1, 0.15) is 271 Å². The summed E-state index contributed by atoms with van der Waals surface area (Å²) in [6.07, 6.45) is 60.3. The highest BCUT2D eigenvalue weighted by Crippen LogP contribution is 2.18. The average molecular weight is 870 g/mol. The second-order valence-corrected chi connectivity index (χ2v) is 18.3. The average Bonchev–Trinajstić information content (AvgIpc) is 3.26. The number of carbonyl (C=O) groups is 2. The van der Waals surface area contributed by atoms with Crippen molar-refractivity contribution in [3.8, 4) is 0 Å². The molecule has 0 bridgehead atoms. The van der Waals surface area contributed by atoms with Gasteiger partial charge in [0, 0.05) is 6.42 Å². The zero-order valence-electron chi connectivity index (χ0n) is 41.3. The Labute approximate surface area is 385 Å². The van der Waals surface area contributed by atoms with Gasteiger partial charge in [-0.05, 0) is 70.6 Å². The van der Waals surface area contributed by atoms with Gasteiger partial charge in [0.1, 0.15) is 6.10 Å². The first-order chi connectivity index (χ1) is 30.5. The highest BCUT2D eigenvalue weighted by molar-refractivity contribution is 5.77. The molecule has 3 atom stereocenters. The molecule has 0 rings (SSSR count). The lowest BCUT2D eigenvalue weighted by atomic mass is 10.0. The van der Waals surface area contributed by atoms with Crippen LogP contribution in [0.2, 0.25) is 0 Å². The summed E-state index contributed by atoms with van der Waals surface area (Å²) >= 11 is 0. The topological polar surface area (TPSA) is 95.9 Å². The molecule has 6 nitrogen and oxygen atoms in total. The summed E-state index contributed by atoms with van der Waals surface area (Å²) in [4.78, 5) is 26.2. The highest BCUT2D eigenvalue weighted by atomic mass is 16.5. The third-order valence-corrected chi connectivity index (χ3v) is 12.2. The van der Waals surface area contributed by atoms with Crippen LogP contribution in [0.25, 0.3) is 0 Å².